The van der Waals surface area contributed by atoms with Crippen molar-refractivity contribution in [3.63, 3.8) is 0 Å². The average Bonchev–Trinajstić information content (AvgIpc) is 3.13. The van der Waals surface area contributed by atoms with Crippen LogP contribution >= 0.6 is 0 Å². The van der Waals surface area contributed by atoms with E-state index in [9.17, 15) is 18.0 Å². The lowest BCUT2D eigenvalue weighted by molar-refractivity contribution is 0.112. The highest BCUT2D eigenvalue weighted by Gasteiger charge is 2.26. The molecule has 1 aromatic carbocycles. The third-order valence-corrected chi connectivity index (χ3v) is 9.10. The van der Waals surface area contributed by atoms with Crippen LogP contribution in [0.3, 0.4) is 0 Å². The number of rotatable bonds is 11. The van der Waals surface area contributed by atoms with Crippen molar-refractivity contribution in [3.05, 3.63) is 115 Å². The molecule has 0 aliphatic heterocycles. The predicted molar refractivity (Wildman–Crippen MR) is 217 cm³/mol. The lowest BCUT2D eigenvalue weighted by Crippen LogP contribution is -2.16. The summed E-state index contributed by atoms with van der Waals surface area (Å²) >= 11 is 0. The van der Waals surface area contributed by atoms with E-state index in [1.165, 1.54) is 51.1 Å². The third-order valence-electron chi connectivity index (χ3n) is 9.10. The molecule has 7 heteroatoms. The number of aryl methyl sites for hydroxylation is 1. The highest BCUT2D eigenvalue weighted by molar-refractivity contribution is 6.00. The highest BCUT2D eigenvalue weighted by atomic mass is 19.2. The molecule has 0 saturated heterocycles. The number of aliphatic hydroxyl groups is 1. The summed E-state index contributed by atoms with van der Waals surface area (Å²) in [5.74, 6) is 1.87. The smallest absolute Gasteiger partial charge is 0.158 e. The summed E-state index contributed by atoms with van der Waals surface area (Å²) < 4.78 is 38.1. The van der Waals surface area contributed by atoms with Crippen LogP contribution < -0.4 is 5.32 Å². The number of aliphatic imine (C=N–C) groups is 1. The van der Waals surface area contributed by atoms with Crippen molar-refractivity contribution in [1.29, 1.82) is 0 Å². The summed E-state index contributed by atoms with van der Waals surface area (Å²) in [6.07, 6.45) is 20.1. The molecule has 0 heterocycles. The Bertz CT molecular complexity index is 1310. The number of anilines is 1. The zero-order valence-corrected chi connectivity index (χ0v) is 33.0. The molecule has 1 aromatic rings. The Kier molecular flexibility index (Phi) is 28.8. The van der Waals surface area contributed by atoms with E-state index in [1.807, 2.05) is 39.0 Å². The van der Waals surface area contributed by atoms with Gasteiger partial charge < -0.3 is 10.4 Å². The van der Waals surface area contributed by atoms with Gasteiger partial charge in [0.15, 0.2) is 6.17 Å². The molecule has 286 valence electrons. The van der Waals surface area contributed by atoms with Crippen molar-refractivity contribution in [3.8, 4) is 0 Å². The van der Waals surface area contributed by atoms with E-state index in [4.69, 9.17) is 5.11 Å². The van der Waals surface area contributed by atoms with Crippen molar-refractivity contribution in [2.45, 2.75) is 120 Å². The van der Waals surface area contributed by atoms with E-state index >= 15 is 0 Å². The van der Waals surface area contributed by atoms with Crippen LogP contribution in [0.25, 0.3) is 0 Å². The molecule has 0 radical (unpaired) electrons. The van der Waals surface area contributed by atoms with Gasteiger partial charge in [0.2, 0.25) is 0 Å². The van der Waals surface area contributed by atoms with Crippen LogP contribution in [0.5, 0.6) is 0 Å². The molecule has 0 amide bonds. The minimum absolute atomic E-state index is 0.234. The Morgan fingerprint density at radius 2 is 1.63 bits per heavy atom. The molecule has 1 saturated carbocycles. The highest BCUT2D eigenvalue weighted by Crippen LogP contribution is 2.34. The van der Waals surface area contributed by atoms with Crippen molar-refractivity contribution in [1.82, 2.24) is 0 Å². The number of nitrogens with one attached hydrogen (secondary N) is 1. The fourth-order valence-electron chi connectivity index (χ4n) is 5.45. The Labute approximate surface area is 308 Å². The van der Waals surface area contributed by atoms with Gasteiger partial charge in [0.25, 0.3) is 0 Å². The normalized spacial score (nSPS) is 20.5. The van der Waals surface area contributed by atoms with Crippen LogP contribution in [-0.4, -0.2) is 23.3 Å². The van der Waals surface area contributed by atoms with Gasteiger partial charge in [-0.15, -0.1) is 0 Å². The fourth-order valence-corrected chi connectivity index (χ4v) is 5.45. The van der Waals surface area contributed by atoms with E-state index in [-0.39, 0.29) is 11.9 Å². The second-order valence-electron chi connectivity index (χ2n) is 12.9. The topological polar surface area (TPSA) is 61.7 Å². The number of nitrogens with zero attached hydrogens (tertiary/aromatic N) is 1. The van der Waals surface area contributed by atoms with Gasteiger partial charge in [-0.2, -0.15) is 0 Å². The van der Waals surface area contributed by atoms with E-state index in [1.54, 1.807) is 45.1 Å². The molecule has 51 heavy (non-hydrogen) atoms. The largest absolute Gasteiger partial charge is 0.516 e. The first-order valence-corrected chi connectivity index (χ1v) is 18.3. The Hall–Kier alpha value is -3.87. The summed E-state index contributed by atoms with van der Waals surface area (Å²) in [4.78, 5) is 15.4. The third kappa shape index (κ3) is 20.5. The molecule has 2 aliphatic rings. The predicted octanol–water partition coefficient (Wildman–Crippen LogP) is 14.1. The van der Waals surface area contributed by atoms with E-state index < -0.39 is 17.9 Å². The van der Waals surface area contributed by atoms with Crippen LogP contribution in [0.1, 0.15) is 123 Å². The first kappa shape index (κ1) is 49.2. The zero-order valence-electron chi connectivity index (χ0n) is 33.0. The van der Waals surface area contributed by atoms with Crippen molar-refractivity contribution in [2.75, 3.05) is 5.32 Å². The standard InChI is InChI=1S/C23H26F2N2O.C13H26.C4H8.C2H3F.C2H4O/c1-6-18-11-20(9-8-19(18)13-28)27-17(5)16(4)26-12-15(3)21-10-7-14(2)22(24)23(21)25;1-4-11(3)10-13-8-6-12(5-2)7-9-13;1-3-4-2;2*1-2-3/h7-14,22,27H,5-6H2,1-4H3;11-13H,4-10H2,1-3H3;3-4H,1-2H3;2H,1H2;2-3H,1H2/b15-12+,26-16?;;4-3-;;. The van der Waals surface area contributed by atoms with Gasteiger partial charge in [0.1, 0.15) is 12.1 Å². The SMILES string of the molecule is C/C=C\C.C=C(Nc1ccc(C=O)c(CC)c1)C(C)=N/C=C(\C)C1=C(F)C(F)C(C)C=C1.C=CF.C=CO.CCC(C)CC1CCC(CC)CC1. The molecule has 4 nitrogen and oxygen atoms in total. The fraction of sp³-hybridized carbons (Fsp3) is 0.500. The number of aliphatic hydroxyl groups excluding tert-OH is 1. The summed E-state index contributed by atoms with van der Waals surface area (Å²) in [6.45, 7) is 27.8. The summed E-state index contributed by atoms with van der Waals surface area (Å²) in [5.41, 5.74) is 4.38. The molecule has 0 bridgehead atoms. The lowest BCUT2D eigenvalue weighted by atomic mass is 9.77. The maximum Gasteiger partial charge on any atom is 0.158 e. The maximum atomic E-state index is 14.2. The van der Waals surface area contributed by atoms with Gasteiger partial charge in [0.05, 0.1) is 24.0 Å². The van der Waals surface area contributed by atoms with Gasteiger partial charge in [-0.05, 0) is 87.6 Å². The number of halogens is 3. The molecular weight excluding hydrogens is 645 g/mol. The van der Waals surface area contributed by atoms with Gasteiger partial charge in [-0.1, -0.05) is 117 Å². The number of allylic oxidation sites excluding steroid dienone is 8. The number of carbonyl (C=O) groups is 1. The molecule has 3 rings (SSSR count). The molecule has 2 aliphatic carbocycles. The van der Waals surface area contributed by atoms with E-state index in [0.717, 1.165) is 48.0 Å². The van der Waals surface area contributed by atoms with Crippen molar-refractivity contribution >= 4 is 17.7 Å². The van der Waals surface area contributed by atoms with Crippen molar-refractivity contribution in [2.24, 2.45) is 28.7 Å². The molecular formula is C44H67F3N2O2. The van der Waals surface area contributed by atoms with Gasteiger partial charge in [-0.25, -0.2) is 13.2 Å². The number of carbonyl (C=O) groups excluding carboxylic acids is 1. The Balaban J connectivity index is 0. The first-order chi connectivity index (χ1) is 24.3. The number of benzene rings is 1. The summed E-state index contributed by atoms with van der Waals surface area (Å²) in [5, 5.41) is 10.5. The molecule has 1 fully saturated rings. The number of alkyl halides is 1. The molecule has 0 spiro atoms. The van der Waals surface area contributed by atoms with Crippen LogP contribution in [0.4, 0.5) is 18.9 Å². The quantitative estimate of drug-likeness (QED) is 0.104. The maximum absolute atomic E-state index is 14.2. The van der Waals surface area contributed by atoms with Gasteiger partial charge in [-0.3, -0.25) is 9.79 Å². The number of hydrogen-bond donors (Lipinski definition) is 2. The monoisotopic (exact) mass is 713 g/mol. The van der Waals surface area contributed by atoms with Crippen LogP contribution in [0.15, 0.2) is 109 Å². The average molecular weight is 713 g/mol. The minimum Gasteiger partial charge on any atom is -0.516 e. The summed E-state index contributed by atoms with van der Waals surface area (Å²) in [6, 6.07) is 5.47. The second-order valence-corrected chi connectivity index (χ2v) is 12.9. The summed E-state index contributed by atoms with van der Waals surface area (Å²) in [7, 11) is 0. The van der Waals surface area contributed by atoms with Crippen LogP contribution in [0.2, 0.25) is 0 Å². The molecule has 3 atom stereocenters. The minimum atomic E-state index is -1.62. The van der Waals surface area contributed by atoms with Gasteiger partial charge in [0, 0.05) is 28.9 Å². The Morgan fingerprint density at radius 3 is 2.10 bits per heavy atom. The van der Waals surface area contributed by atoms with Crippen LogP contribution in [0, 0.1) is 23.7 Å². The molecule has 2 N–H and O–H groups in total. The molecule has 3 unspecified atom stereocenters. The van der Waals surface area contributed by atoms with E-state index in [0.29, 0.717) is 22.5 Å². The van der Waals surface area contributed by atoms with Crippen molar-refractivity contribution < 1.29 is 23.1 Å². The van der Waals surface area contributed by atoms with Crippen LogP contribution in [-0.2, 0) is 6.42 Å². The lowest BCUT2D eigenvalue weighted by Gasteiger charge is -2.29. The van der Waals surface area contributed by atoms with Gasteiger partial charge >= 0.3 is 0 Å². The Morgan fingerprint density at radius 1 is 1.08 bits per heavy atom. The zero-order chi connectivity index (χ0) is 39.4. The number of hydrogen-bond acceptors (Lipinski definition) is 4. The second kappa shape index (κ2) is 29.8. The van der Waals surface area contributed by atoms with E-state index in [2.05, 4.69) is 50.8 Å². The number of aldehydes is 1. The molecule has 0 aromatic heterocycles. The first-order valence-electron chi connectivity index (χ1n) is 18.3.